The molecule has 1 rings (SSSR count). The summed E-state index contributed by atoms with van der Waals surface area (Å²) in [5.74, 6) is -3.48. The van der Waals surface area contributed by atoms with Gasteiger partial charge in [0.05, 0.1) is 10.6 Å². The Labute approximate surface area is 113 Å². The number of hydrogen-bond donors (Lipinski definition) is 1. The molecule has 0 atom stereocenters. The Bertz CT molecular complexity index is 559. The number of rotatable bonds is 2. The van der Waals surface area contributed by atoms with Gasteiger partial charge in [-0.25, -0.2) is 0 Å². The van der Waals surface area contributed by atoms with E-state index in [1.807, 2.05) is 0 Å². The highest BCUT2D eigenvalue weighted by atomic mass is 35.5. The first-order valence-corrected chi connectivity index (χ1v) is 5.19. The van der Waals surface area contributed by atoms with Gasteiger partial charge in [0.15, 0.2) is 0 Å². The second-order valence-electron chi connectivity index (χ2n) is 3.58. The van der Waals surface area contributed by atoms with E-state index in [1.54, 1.807) is 0 Å². The number of aliphatic hydroxyl groups is 1. The molecule has 0 aliphatic carbocycles. The van der Waals surface area contributed by atoms with Crippen molar-refractivity contribution in [2.75, 3.05) is 0 Å². The molecular weight excluding hydrogens is 314 g/mol. The molecule has 1 aromatic carbocycles. The second-order valence-corrected chi connectivity index (χ2v) is 3.99. The first-order valence-electron chi connectivity index (χ1n) is 4.82. The molecule has 1 N–H and O–H groups in total. The minimum Gasteiger partial charge on any atom is -0.507 e. The molecule has 0 aliphatic rings. The van der Waals surface area contributed by atoms with Gasteiger partial charge in [0.1, 0.15) is 5.76 Å². The Morgan fingerprint density at radius 2 is 1.70 bits per heavy atom. The molecule has 1 aromatic rings. The molecule has 2 nitrogen and oxygen atoms in total. The van der Waals surface area contributed by atoms with Gasteiger partial charge < -0.3 is 5.11 Å². The standard InChI is InChI=1S/C11H5ClF6O2/c12-7-3-5(1-2-6(7)10(13,14)15)8(19)4-9(20)11(16,17)18/h1-4,19H/b8-4-. The molecular formula is C11H5ClF6O2. The number of alkyl halides is 6. The van der Waals surface area contributed by atoms with Crippen molar-refractivity contribution in [1.29, 1.82) is 0 Å². The topological polar surface area (TPSA) is 37.3 Å². The van der Waals surface area contributed by atoms with Crippen molar-refractivity contribution in [1.82, 2.24) is 0 Å². The van der Waals surface area contributed by atoms with Crippen LogP contribution in [0, 0.1) is 0 Å². The van der Waals surface area contributed by atoms with E-state index in [0.717, 1.165) is 0 Å². The highest BCUT2D eigenvalue weighted by Gasteiger charge is 2.37. The summed E-state index contributed by atoms with van der Waals surface area (Å²) in [4.78, 5) is 10.6. The normalized spacial score (nSPS) is 13.4. The Balaban J connectivity index is 3.14. The average Bonchev–Trinajstić information content (AvgIpc) is 2.25. The van der Waals surface area contributed by atoms with Crippen LogP contribution in [0.2, 0.25) is 5.02 Å². The first kappa shape index (κ1) is 16.4. The van der Waals surface area contributed by atoms with Gasteiger partial charge in [-0.3, -0.25) is 4.79 Å². The van der Waals surface area contributed by atoms with Gasteiger partial charge in [0.2, 0.25) is 0 Å². The lowest BCUT2D eigenvalue weighted by Crippen LogP contribution is -2.20. The van der Waals surface area contributed by atoms with Gasteiger partial charge >= 0.3 is 12.4 Å². The Morgan fingerprint density at radius 3 is 2.10 bits per heavy atom. The smallest absolute Gasteiger partial charge is 0.454 e. The number of halogens is 7. The highest BCUT2D eigenvalue weighted by Crippen LogP contribution is 2.35. The minimum absolute atomic E-state index is 0.140. The summed E-state index contributed by atoms with van der Waals surface area (Å²) in [5.41, 5.74) is -1.65. The number of ketones is 1. The van der Waals surface area contributed by atoms with E-state index in [1.165, 1.54) is 0 Å². The number of carbonyl (C=O) groups is 1. The van der Waals surface area contributed by atoms with Crippen LogP contribution in [0.5, 0.6) is 0 Å². The van der Waals surface area contributed by atoms with E-state index >= 15 is 0 Å². The SMILES string of the molecule is O=C(/C=C(\O)c1ccc(C(F)(F)F)c(Cl)c1)C(F)(F)F. The van der Waals surface area contributed by atoms with Crippen molar-refractivity contribution in [3.05, 3.63) is 40.4 Å². The van der Waals surface area contributed by atoms with Crippen molar-refractivity contribution in [2.24, 2.45) is 0 Å². The summed E-state index contributed by atoms with van der Waals surface area (Å²) in [6, 6.07) is 1.80. The average molecular weight is 319 g/mol. The lowest BCUT2D eigenvalue weighted by Gasteiger charge is -2.10. The highest BCUT2D eigenvalue weighted by molar-refractivity contribution is 6.31. The van der Waals surface area contributed by atoms with E-state index < -0.39 is 40.0 Å². The van der Waals surface area contributed by atoms with Crippen molar-refractivity contribution in [3.63, 3.8) is 0 Å². The van der Waals surface area contributed by atoms with Crippen LogP contribution in [0.1, 0.15) is 11.1 Å². The third kappa shape index (κ3) is 3.89. The van der Waals surface area contributed by atoms with Crippen LogP contribution in [0.3, 0.4) is 0 Å². The summed E-state index contributed by atoms with van der Waals surface area (Å²) in [6.07, 6.45) is -10.1. The van der Waals surface area contributed by atoms with Crippen LogP contribution in [-0.4, -0.2) is 17.1 Å². The second kappa shape index (κ2) is 5.35. The molecule has 0 heterocycles. The molecule has 0 saturated carbocycles. The van der Waals surface area contributed by atoms with Gasteiger partial charge in [-0.05, 0) is 12.1 Å². The minimum atomic E-state index is -5.19. The van der Waals surface area contributed by atoms with E-state index in [4.69, 9.17) is 11.6 Å². The van der Waals surface area contributed by atoms with E-state index in [-0.39, 0.29) is 6.08 Å². The van der Waals surface area contributed by atoms with Crippen LogP contribution < -0.4 is 0 Å². The Morgan fingerprint density at radius 1 is 1.15 bits per heavy atom. The van der Waals surface area contributed by atoms with Crippen LogP contribution in [0.25, 0.3) is 5.76 Å². The zero-order chi connectivity index (χ0) is 15.7. The number of benzene rings is 1. The third-order valence-corrected chi connectivity index (χ3v) is 2.43. The maximum absolute atomic E-state index is 12.4. The molecule has 0 fully saturated rings. The lowest BCUT2D eigenvalue weighted by molar-refractivity contribution is -0.165. The molecule has 0 saturated heterocycles. The van der Waals surface area contributed by atoms with Crippen LogP contribution in [-0.2, 0) is 11.0 Å². The fourth-order valence-electron chi connectivity index (χ4n) is 1.19. The zero-order valence-corrected chi connectivity index (χ0v) is 10.1. The number of allylic oxidation sites excluding steroid dienone is 1. The predicted molar refractivity (Wildman–Crippen MR) is 58.1 cm³/mol. The maximum atomic E-state index is 12.4. The fourth-order valence-corrected chi connectivity index (χ4v) is 1.48. The number of aliphatic hydroxyl groups excluding tert-OH is 1. The largest absolute Gasteiger partial charge is 0.507 e. The molecule has 0 radical (unpaired) electrons. The van der Waals surface area contributed by atoms with Crippen molar-refractivity contribution < 1.29 is 36.2 Å². The van der Waals surface area contributed by atoms with Crippen LogP contribution >= 0.6 is 11.6 Å². The number of hydrogen-bond acceptors (Lipinski definition) is 2. The molecule has 20 heavy (non-hydrogen) atoms. The maximum Gasteiger partial charge on any atom is 0.454 e. The van der Waals surface area contributed by atoms with Gasteiger partial charge in [0.25, 0.3) is 5.78 Å². The fraction of sp³-hybridized carbons (Fsp3) is 0.182. The van der Waals surface area contributed by atoms with Crippen molar-refractivity contribution in [3.8, 4) is 0 Å². The zero-order valence-electron chi connectivity index (χ0n) is 9.31. The monoisotopic (exact) mass is 318 g/mol. The lowest BCUT2D eigenvalue weighted by atomic mass is 10.1. The van der Waals surface area contributed by atoms with Gasteiger partial charge in [-0.2, -0.15) is 26.3 Å². The molecule has 0 spiro atoms. The van der Waals surface area contributed by atoms with E-state index in [0.29, 0.717) is 18.2 Å². The van der Waals surface area contributed by atoms with E-state index in [9.17, 15) is 36.2 Å². The molecule has 9 heteroatoms. The van der Waals surface area contributed by atoms with Gasteiger partial charge in [-0.15, -0.1) is 0 Å². The predicted octanol–water partition coefficient (Wildman–Crippen LogP) is 4.39. The molecule has 0 aromatic heterocycles. The molecule has 0 unspecified atom stereocenters. The van der Waals surface area contributed by atoms with Crippen molar-refractivity contribution >= 4 is 23.1 Å². The quantitative estimate of drug-likeness (QED) is 0.499. The molecule has 0 bridgehead atoms. The Hall–Kier alpha value is -1.70. The molecule has 0 aliphatic heterocycles. The summed E-state index contributed by atoms with van der Waals surface area (Å²) >= 11 is 5.32. The van der Waals surface area contributed by atoms with Gasteiger partial charge in [0, 0.05) is 11.6 Å². The Kier molecular flexibility index (Phi) is 4.38. The first-order chi connectivity index (χ1) is 8.93. The summed E-state index contributed by atoms with van der Waals surface area (Å²) in [5, 5.41) is 8.46. The van der Waals surface area contributed by atoms with Gasteiger partial charge in [-0.1, -0.05) is 17.7 Å². The van der Waals surface area contributed by atoms with E-state index in [2.05, 4.69) is 0 Å². The third-order valence-electron chi connectivity index (χ3n) is 2.12. The summed E-state index contributed by atoms with van der Waals surface area (Å²) in [6.45, 7) is 0. The molecule has 110 valence electrons. The van der Waals surface area contributed by atoms with Crippen LogP contribution in [0.4, 0.5) is 26.3 Å². The summed E-state index contributed by atoms with van der Waals surface area (Å²) < 4.78 is 73.0. The molecule has 0 amide bonds. The van der Waals surface area contributed by atoms with Crippen LogP contribution in [0.15, 0.2) is 24.3 Å². The van der Waals surface area contributed by atoms with Crippen molar-refractivity contribution in [2.45, 2.75) is 12.4 Å². The number of carbonyl (C=O) groups excluding carboxylic acids is 1. The summed E-state index contributed by atoms with van der Waals surface area (Å²) in [7, 11) is 0.